The van der Waals surface area contributed by atoms with Gasteiger partial charge in [-0.25, -0.2) is 4.98 Å². The van der Waals surface area contributed by atoms with Crippen LogP contribution in [0.3, 0.4) is 0 Å². The Kier molecular flexibility index (Phi) is 4.55. The first-order valence-corrected chi connectivity index (χ1v) is 6.23. The summed E-state index contributed by atoms with van der Waals surface area (Å²) in [4.78, 5) is 14.6. The molecule has 0 saturated carbocycles. The Morgan fingerprint density at radius 3 is 2.76 bits per heavy atom. The van der Waals surface area contributed by atoms with Crippen LogP contribution in [0.25, 0.3) is 0 Å². The van der Waals surface area contributed by atoms with Crippen molar-refractivity contribution in [3.8, 4) is 11.5 Å². The van der Waals surface area contributed by atoms with Gasteiger partial charge in [-0.2, -0.15) is 0 Å². The third-order valence-electron chi connectivity index (χ3n) is 2.80. The van der Waals surface area contributed by atoms with Crippen molar-refractivity contribution in [2.45, 2.75) is 6.61 Å². The molecule has 0 aliphatic carbocycles. The molecule has 110 valence electrons. The van der Waals surface area contributed by atoms with Crippen LogP contribution in [0.2, 0.25) is 0 Å². The summed E-state index contributed by atoms with van der Waals surface area (Å²) in [5.74, 6) is 1.49. The van der Waals surface area contributed by atoms with Gasteiger partial charge in [0.1, 0.15) is 12.4 Å². The van der Waals surface area contributed by atoms with Gasteiger partial charge in [-0.05, 0) is 18.2 Å². The number of nitro groups is 1. The van der Waals surface area contributed by atoms with Gasteiger partial charge in [-0.1, -0.05) is 6.07 Å². The lowest BCUT2D eigenvalue weighted by Crippen LogP contribution is -2.02. The molecule has 1 N–H and O–H groups in total. The molecule has 0 aliphatic rings. The van der Waals surface area contributed by atoms with Crippen LogP contribution in [0.1, 0.15) is 5.69 Å². The highest BCUT2D eigenvalue weighted by molar-refractivity contribution is 5.48. The molecule has 21 heavy (non-hydrogen) atoms. The molecule has 2 rings (SSSR count). The van der Waals surface area contributed by atoms with Crippen LogP contribution in [-0.2, 0) is 6.61 Å². The maximum atomic E-state index is 10.7. The van der Waals surface area contributed by atoms with Crippen molar-refractivity contribution < 1.29 is 14.4 Å². The second-order valence-corrected chi connectivity index (χ2v) is 4.15. The zero-order valence-electron chi connectivity index (χ0n) is 11.7. The summed E-state index contributed by atoms with van der Waals surface area (Å²) in [7, 11) is 3.22. The fourth-order valence-corrected chi connectivity index (χ4v) is 1.74. The Bertz CT molecular complexity index is 646. The number of nitrogens with zero attached hydrogens (tertiary/aromatic N) is 2. The van der Waals surface area contributed by atoms with E-state index in [1.807, 2.05) is 18.2 Å². The molecule has 0 bridgehead atoms. The number of anilines is 1. The summed E-state index contributed by atoms with van der Waals surface area (Å²) in [6.45, 7) is 0.240. The minimum atomic E-state index is -0.482. The lowest BCUT2D eigenvalue weighted by Gasteiger charge is -2.10. The normalized spacial score (nSPS) is 10.0. The highest BCUT2D eigenvalue weighted by Gasteiger charge is 2.12. The lowest BCUT2D eigenvalue weighted by atomic mass is 10.3. The van der Waals surface area contributed by atoms with Crippen molar-refractivity contribution in [1.82, 2.24) is 4.98 Å². The zero-order chi connectivity index (χ0) is 15.2. The molecule has 7 heteroatoms. The number of benzene rings is 1. The fraction of sp³-hybridized carbons (Fsp3) is 0.214. The summed E-state index contributed by atoms with van der Waals surface area (Å²) in [6, 6.07) is 9.75. The van der Waals surface area contributed by atoms with E-state index < -0.39 is 4.92 Å². The van der Waals surface area contributed by atoms with E-state index in [1.165, 1.54) is 25.3 Å². The van der Waals surface area contributed by atoms with Crippen LogP contribution in [0.4, 0.5) is 11.5 Å². The van der Waals surface area contributed by atoms with Crippen molar-refractivity contribution in [3.05, 3.63) is 52.2 Å². The first-order chi connectivity index (χ1) is 10.1. The van der Waals surface area contributed by atoms with E-state index in [0.717, 1.165) is 11.5 Å². The molecular formula is C14H15N3O4. The first kappa shape index (κ1) is 14.6. The van der Waals surface area contributed by atoms with Gasteiger partial charge >= 0.3 is 0 Å². The van der Waals surface area contributed by atoms with Gasteiger partial charge in [0, 0.05) is 13.1 Å². The number of nitro benzene ring substituents is 1. The molecule has 0 amide bonds. The van der Waals surface area contributed by atoms with E-state index in [1.54, 1.807) is 7.05 Å². The van der Waals surface area contributed by atoms with Crippen molar-refractivity contribution >= 4 is 11.5 Å². The topological polar surface area (TPSA) is 86.5 Å². The lowest BCUT2D eigenvalue weighted by molar-refractivity contribution is -0.385. The highest BCUT2D eigenvalue weighted by Crippen LogP contribution is 2.31. The molecule has 0 radical (unpaired) electrons. The second kappa shape index (κ2) is 6.56. The molecule has 0 atom stereocenters. The molecule has 0 aliphatic heterocycles. The average molecular weight is 289 g/mol. The molecule has 1 heterocycles. The van der Waals surface area contributed by atoms with Gasteiger partial charge in [0.25, 0.3) is 5.69 Å². The maximum Gasteiger partial charge on any atom is 0.273 e. The quantitative estimate of drug-likeness (QED) is 0.649. The molecule has 1 aromatic carbocycles. The third-order valence-corrected chi connectivity index (χ3v) is 2.80. The number of non-ortho nitro benzene ring substituents is 1. The van der Waals surface area contributed by atoms with Crippen LogP contribution in [-0.4, -0.2) is 24.1 Å². The van der Waals surface area contributed by atoms with Gasteiger partial charge in [-0.15, -0.1) is 0 Å². The maximum absolute atomic E-state index is 10.7. The molecule has 0 fully saturated rings. The molecule has 0 saturated heterocycles. The number of hydrogen-bond donors (Lipinski definition) is 1. The average Bonchev–Trinajstić information content (AvgIpc) is 2.52. The number of rotatable bonds is 6. The van der Waals surface area contributed by atoms with Gasteiger partial charge in [0.2, 0.25) is 0 Å². The van der Waals surface area contributed by atoms with E-state index in [2.05, 4.69) is 10.3 Å². The van der Waals surface area contributed by atoms with Gasteiger partial charge < -0.3 is 14.8 Å². The predicted octanol–water partition coefficient (Wildman–Crippen LogP) is 2.62. The van der Waals surface area contributed by atoms with Crippen LogP contribution in [0.15, 0.2) is 36.4 Å². The Morgan fingerprint density at radius 1 is 1.29 bits per heavy atom. The number of hydrogen-bond acceptors (Lipinski definition) is 6. The second-order valence-electron chi connectivity index (χ2n) is 4.15. The first-order valence-electron chi connectivity index (χ1n) is 6.23. The Hall–Kier alpha value is -2.83. The van der Waals surface area contributed by atoms with Crippen LogP contribution >= 0.6 is 0 Å². The molecule has 2 aromatic rings. The van der Waals surface area contributed by atoms with Crippen molar-refractivity contribution in [2.75, 3.05) is 19.5 Å². The monoisotopic (exact) mass is 289 g/mol. The van der Waals surface area contributed by atoms with Crippen LogP contribution < -0.4 is 14.8 Å². The SMILES string of the molecule is CNc1cccc(COc2ccc([N+](=O)[O-])cc2OC)n1. The zero-order valence-corrected chi connectivity index (χ0v) is 11.7. The predicted molar refractivity (Wildman–Crippen MR) is 77.8 cm³/mol. The molecule has 0 unspecified atom stereocenters. The number of ether oxygens (including phenoxy) is 2. The third kappa shape index (κ3) is 3.59. The summed E-state index contributed by atoms with van der Waals surface area (Å²) in [6.07, 6.45) is 0. The smallest absolute Gasteiger partial charge is 0.273 e. The summed E-state index contributed by atoms with van der Waals surface area (Å²) >= 11 is 0. The fourth-order valence-electron chi connectivity index (χ4n) is 1.74. The summed E-state index contributed by atoms with van der Waals surface area (Å²) < 4.78 is 10.7. The molecule has 1 aromatic heterocycles. The van der Waals surface area contributed by atoms with Crippen molar-refractivity contribution in [2.24, 2.45) is 0 Å². The molecule has 0 spiro atoms. The number of methoxy groups -OCH3 is 1. The Balaban J connectivity index is 2.13. The highest BCUT2D eigenvalue weighted by atomic mass is 16.6. The minimum Gasteiger partial charge on any atom is -0.493 e. The van der Waals surface area contributed by atoms with E-state index in [-0.39, 0.29) is 12.3 Å². The molecule has 7 nitrogen and oxygen atoms in total. The van der Waals surface area contributed by atoms with Gasteiger partial charge in [-0.3, -0.25) is 10.1 Å². The minimum absolute atomic E-state index is 0.0468. The molecular weight excluding hydrogens is 274 g/mol. The van der Waals surface area contributed by atoms with E-state index >= 15 is 0 Å². The van der Waals surface area contributed by atoms with Crippen molar-refractivity contribution in [1.29, 1.82) is 0 Å². The van der Waals surface area contributed by atoms with Crippen molar-refractivity contribution in [3.63, 3.8) is 0 Å². The van der Waals surface area contributed by atoms with E-state index in [4.69, 9.17) is 9.47 Å². The van der Waals surface area contributed by atoms with Gasteiger partial charge in [0.05, 0.1) is 23.8 Å². The Morgan fingerprint density at radius 2 is 2.10 bits per heavy atom. The summed E-state index contributed by atoms with van der Waals surface area (Å²) in [5.41, 5.74) is 0.691. The van der Waals surface area contributed by atoms with E-state index in [9.17, 15) is 10.1 Å². The van der Waals surface area contributed by atoms with Gasteiger partial charge in [0.15, 0.2) is 11.5 Å². The number of nitrogens with one attached hydrogen (secondary N) is 1. The van der Waals surface area contributed by atoms with Crippen LogP contribution in [0, 0.1) is 10.1 Å². The van der Waals surface area contributed by atoms with Crippen LogP contribution in [0.5, 0.6) is 11.5 Å². The summed E-state index contributed by atoms with van der Waals surface area (Å²) in [5, 5.41) is 13.7. The largest absolute Gasteiger partial charge is 0.493 e. The van der Waals surface area contributed by atoms with E-state index in [0.29, 0.717) is 11.5 Å². The standard InChI is InChI=1S/C14H15N3O4/c1-15-14-5-3-4-10(16-14)9-21-12-7-6-11(17(18)19)8-13(12)20-2/h3-8H,9H2,1-2H3,(H,15,16). The Labute approximate surface area is 121 Å². The number of aromatic nitrogens is 1. The number of pyridine rings is 1.